The monoisotopic (exact) mass is 112 g/mol. The summed E-state index contributed by atoms with van der Waals surface area (Å²) in [5.74, 6) is 0. The Balaban J connectivity index is 2.37. The third-order valence-corrected chi connectivity index (χ3v) is 1.53. The normalized spacial score (nSPS) is 28.2. The van der Waals surface area contributed by atoms with Gasteiger partial charge in [-0.25, -0.2) is 0 Å². The average molecular weight is 112 g/mol. The van der Waals surface area contributed by atoms with Gasteiger partial charge in [-0.1, -0.05) is 13.0 Å². The van der Waals surface area contributed by atoms with Crippen molar-refractivity contribution in [2.24, 2.45) is 0 Å². The van der Waals surface area contributed by atoms with Gasteiger partial charge in [0.05, 0.1) is 6.61 Å². The Hall–Kier alpha value is -0.300. The van der Waals surface area contributed by atoms with Gasteiger partial charge in [0.2, 0.25) is 0 Å². The second-order valence-electron chi connectivity index (χ2n) is 2.04. The van der Waals surface area contributed by atoms with Crippen LogP contribution in [-0.4, -0.2) is 12.7 Å². The molecular weight excluding hydrogens is 100 g/mol. The molecule has 0 amide bonds. The van der Waals surface area contributed by atoms with Gasteiger partial charge in [0.1, 0.15) is 6.10 Å². The second-order valence-corrected chi connectivity index (χ2v) is 2.04. The fourth-order valence-corrected chi connectivity index (χ4v) is 0.880. The minimum atomic E-state index is 0.491. The average Bonchev–Trinajstić information content (AvgIpc) is 2.53. The van der Waals surface area contributed by atoms with Crippen LogP contribution in [0.25, 0.3) is 0 Å². The fourth-order valence-electron chi connectivity index (χ4n) is 0.880. The summed E-state index contributed by atoms with van der Waals surface area (Å²) < 4.78 is 5.08. The zero-order chi connectivity index (χ0) is 5.98. The van der Waals surface area contributed by atoms with Gasteiger partial charge in [0.15, 0.2) is 0 Å². The molecule has 1 heterocycles. The molecule has 1 aliphatic rings. The molecule has 1 heteroatoms. The van der Waals surface area contributed by atoms with E-state index in [1.54, 1.807) is 0 Å². The van der Waals surface area contributed by atoms with Crippen LogP contribution in [0.15, 0.2) is 11.6 Å². The number of hydrogen-bond acceptors (Lipinski definition) is 1. The van der Waals surface area contributed by atoms with Crippen LogP contribution in [0.1, 0.15) is 20.3 Å². The van der Waals surface area contributed by atoms with Gasteiger partial charge in [0.25, 0.3) is 0 Å². The molecular formula is C7H12O. The van der Waals surface area contributed by atoms with Crippen molar-refractivity contribution < 1.29 is 4.74 Å². The van der Waals surface area contributed by atoms with E-state index in [1.807, 2.05) is 0 Å². The van der Waals surface area contributed by atoms with E-state index in [0.717, 1.165) is 13.0 Å². The molecule has 0 saturated carbocycles. The lowest BCUT2D eigenvalue weighted by Gasteiger charge is -1.93. The SMILES string of the molecule is CC=C(CC)C1CO1. The van der Waals surface area contributed by atoms with Gasteiger partial charge in [-0.15, -0.1) is 0 Å². The van der Waals surface area contributed by atoms with Crippen LogP contribution in [0.3, 0.4) is 0 Å². The topological polar surface area (TPSA) is 12.5 Å². The van der Waals surface area contributed by atoms with E-state index < -0.39 is 0 Å². The quantitative estimate of drug-likeness (QED) is 0.391. The number of epoxide rings is 1. The summed E-state index contributed by atoms with van der Waals surface area (Å²) in [6.45, 7) is 5.19. The van der Waals surface area contributed by atoms with Crippen molar-refractivity contribution in [3.8, 4) is 0 Å². The van der Waals surface area contributed by atoms with E-state index >= 15 is 0 Å². The van der Waals surface area contributed by atoms with E-state index in [2.05, 4.69) is 19.9 Å². The highest BCUT2D eigenvalue weighted by Gasteiger charge is 2.24. The Morgan fingerprint density at radius 3 is 2.62 bits per heavy atom. The van der Waals surface area contributed by atoms with Crippen molar-refractivity contribution in [3.05, 3.63) is 11.6 Å². The molecule has 0 radical (unpaired) electrons. The van der Waals surface area contributed by atoms with Crippen molar-refractivity contribution in [1.29, 1.82) is 0 Å². The highest BCUT2D eigenvalue weighted by atomic mass is 16.6. The molecule has 0 aromatic heterocycles. The highest BCUT2D eigenvalue weighted by molar-refractivity contribution is 5.11. The van der Waals surface area contributed by atoms with Gasteiger partial charge in [-0.05, 0) is 18.9 Å². The van der Waals surface area contributed by atoms with Gasteiger partial charge >= 0.3 is 0 Å². The maximum absolute atomic E-state index is 5.08. The van der Waals surface area contributed by atoms with Crippen molar-refractivity contribution in [3.63, 3.8) is 0 Å². The lowest BCUT2D eigenvalue weighted by atomic mass is 10.1. The zero-order valence-electron chi connectivity index (χ0n) is 5.48. The van der Waals surface area contributed by atoms with E-state index in [9.17, 15) is 0 Å². The number of hydrogen-bond donors (Lipinski definition) is 0. The lowest BCUT2D eigenvalue weighted by Crippen LogP contribution is -1.88. The maximum Gasteiger partial charge on any atom is 0.102 e. The molecule has 1 saturated heterocycles. The van der Waals surface area contributed by atoms with Crippen molar-refractivity contribution >= 4 is 0 Å². The molecule has 0 aromatic carbocycles. The number of rotatable bonds is 2. The third-order valence-electron chi connectivity index (χ3n) is 1.53. The molecule has 8 heavy (non-hydrogen) atoms. The summed E-state index contributed by atoms with van der Waals surface area (Å²) >= 11 is 0. The summed E-state index contributed by atoms with van der Waals surface area (Å²) in [4.78, 5) is 0. The summed E-state index contributed by atoms with van der Waals surface area (Å²) in [5, 5.41) is 0. The molecule has 1 fully saturated rings. The predicted molar refractivity (Wildman–Crippen MR) is 33.8 cm³/mol. The molecule has 1 atom stereocenters. The Labute approximate surface area is 50.3 Å². The Kier molecular flexibility index (Phi) is 1.69. The molecule has 0 spiro atoms. The van der Waals surface area contributed by atoms with Crippen LogP contribution in [-0.2, 0) is 4.74 Å². The first kappa shape index (κ1) is 5.83. The molecule has 1 unspecified atom stereocenters. The molecule has 0 aliphatic carbocycles. The largest absolute Gasteiger partial charge is 0.368 e. The Bertz CT molecular complexity index is 101. The molecule has 0 N–H and O–H groups in total. The minimum absolute atomic E-state index is 0.491. The first-order valence-electron chi connectivity index (χ1n) is 3.15. The van der Waals surface area contributed by atoms with E-state index in [-0.39, 0.29) is 0 Å². The molecule has 1 nitrogen and oxygen atoms in total. The Morgan fingerprint density at radius 2 is 2.50 bits per heavy atom. The predicted octanol–water partition coefficient (Wildman–Crippen LogP) is 1.74. The smallest absolute Gasteiger partial charge is 0.102 e. The molecule has 46 valence electrons. The van der Waals surface area contributed by atoms with E-state index in [1.165, 1.54) is 5.57 Å². The van der Waals surface area contributed by atoms with E-state index in [0.29, 0.717) is 6.10 Å². The fraction of sp³-hybridized carbons (Fsp3) is 0.714. The summed E-state index contributed by atoms with van der Waals surface area (Å²) in [6, 6.07) is 0. The summed E-state index contributed by atoms with van der Waals surface area (Å²) in [6.07, 6.45) is 3.78. The highest BCUT2D eigenvalue weighted by Crippen LogP contribution is 2.21. The minimum Gasteiger partial charge on any atom is -0.368 e. The lowest BCUT2D eigenvalue weighted by molar-refractivity contribution is 0.428. The molecule has 0 aromatic rings. The summed E-state index contributed by atoms with van der Waals surface area (Å²) in [5.41, 5.74) is 1.45. The van der Waals surface area contributed by atoms with Crippen LogP contribution in [0.2, 0.25) is 0 Å². The van der Waals surface area contributed by atoms with Crippen molar-refractivity contribution in [1.82, 2.24) is 0 Å². The van der Waals surface area contributed by atoms with E-state index in [4.69, 9.17) is 4.74 Å². The number of ether oxygens (including phenoxy) is 1. The first-order valence-corrected chi connectivity index (χ1v) is 3.15. The van der Waals surface area contributed by atoms with Gasteiger partial charge in [-0.2, -0.15) is 0 Å². The van der Waals surface area contributed by atoms with Crippen LogP contribution in [0.5, 0.6) is 0 Å². The number of allylic oxidation sites excluding steroid dienone is 1. The van der Waals surface area contributed by atoms with Crippen LogP contribution < -0.4 is 0 Å². The third kappa shape index (κ3) is 1.10. The van der Waals surface area contributed by atoms with Crippen molar-refractivity contribution in [2.75, 3.05) is 6.61 Å². The van der Waals surface area contributed by atoms with Gasteiger partial charge in [0, 0.05) is 0 Å². The van der Waals surface area contributed by atoms with Gasteiger partial charge < -0.3 is 4.74 Å². The zero-order valence-corrected chi connectivity index (χ0v) is 5.48. The van der Waals surface area contributed by atoms with Gasteiger partial charge in [-0.3, -0.25) is 0 Å². The summed E-state index contributed by atoms with van der Waals surface area (Å²) in [7, 11) is 0. The van der Waals surface area contributed by atoms with Crippen LogP contribution in [0.4, 0.5) is 0 Å². The van der Waals surface area contributed by atoms with Crippen molar-refractivity contribution in [2.45, 2.75) is 26.4 Å². The second kappa shape index (κ2) is 2.31. The Morgan fingerprint density at radius 1 is 1.88 bits per heavy atom. The maximum atomic E-state index is 5.08. The molecule has 0 bridgehead atoms. The standard InChI is InChI=1S/C7H12O/c1-3-6(4-2)7-5-8-7/h3,7H,4-5H2,1-2H3. The molecule has 1 aliphatic heterocycles. The first-order chi connectivity index (χ1) is 3.88. The van der Waals surface area contributed by atoms with Crippen LogP contribution in [0, 0.1) is 0 Å². The molecule has 1 rings (SSSR count). The van der Waals surface area contributed by atoms with Crippen LogP contribution >= 0.6 is 0 Å².